The number of nitrogens with two attached hydrogens (primary N) is 1. The summed E-state index contributed by atoms with van der Waals surface area (Å²) < 4.78 is 1.69. The summed E-state index contributed by atoms with van der Waals surface area (Å²) >= 11 is 3.12. The van der Waals surface area contributed by atoms with Gasteiger partial charge in [0.2, 0.25) is 5.91 Å². The van der Waals surface area contributed by atoms with Crippen molar-refractivity contribution in [1.82, 2.24) is 9.47 Å². The van der Waals surface area contributed by atoms with Gasteiger partial charge in [-0.25, -0.2) is 0 Å². The van der Waals surface area contributed by atoms with Crippen LogP contribution in [0.3, 0.4) is 0 Å². The summed E-state index contributed by atoms with van der Waals surface area (Å²) in [5.74, 6) is -0.0883. The maximum atomic E-state index is 11.9. The molecule has 0 unspecified atom stereocenters. The number of rotatable bonds is 4. The SMILES string of the molecule is CCN(CC)C(=O)Cn1cc(N)cc(Br)c1=O. The molecular weight excluding hydrogens is 286 g/mol. The Morgan fingerprint density at radius 3 is 2.59 bits per heavy atom. The van der Waals surface area contributed by atoms with E-state index in [-0.39, 0.29) is 18.0 Å². The first-order valence-corrected chi connectivity index (χ1v) is 6.22. The molecule has 5 nitrogen and oxygen atoms in total. The molecule has 1 rings (SSSR count). The van der Waals surface area contributed by atoms with Crippen LogP contribution in [-0.2, 0) is 11.3 Å². The number of nitrogen functional groups attached to an aromatic ring is 1. The fourth-order valence-corrected chi connectivity index (χ4v) is 2.05. The number of anilines is 1. The van der Waals surface area contributed by atoms with Gasteiger partial charge in [-0.05, 0) is 35.8 Å². The van der Waals surface area contributed by atoms with Crippen LogP contribution in [0.4, 0.5) is 5.69 Å². The fraction of sp³-hybridized carbons (Fsp3) is 0.455. The van der Waals surface area contributed by atoms with E-state index in [1.54, 1.807) is 4.90 Å². The molecule has 0 radical (unpaired) electrons. The van der Waals surface area contributed by atoms with Crippen molar-refractivity contribution >= 4 is 27.5 Å². The van der Waals surface area contributed by atoms with Crippen molar-refractivity contribution in [1.29, 1.82) is 0 Å². The van der Waals surface area contributed by atoms with Crippen LogP contribution in [0.5, 0.6) is 0 Å². The van der Waals surface area contributed by atoms with E-state index in [1.165, 1.54) is 16.8 Å². The quantitative estimate of drug-likeness (QED) is 0.904. The molecule has 6 heteroatoms. The van der Waals surface area contributed by atoms with Crippen LogP contribution in [0.1, 0.15) is 13.8 Å². The highest BCUT2D eigenvalue weighted by Crippen LogP contribution is 2.08. The Labute approximate surface area is 108 Å². The highest BCUT2D eigenvalue weighted by atomic mass is 79.9. The smallest absolute Gasteiger partial charge is 0.265 e. The summed E-state index contributed by atoms with van der Waals surface area (Å²) in [6.45, 7) is 5.09. The van der Waals surface area contributed by atoms with Crippen molar-refractivity contribution in [2.24, 2.45) is 0 Å². The zero-order valence-electron chi connectivity index (χ0n) is 9.94. The second-order valence-corrected chi connectivity index (χ2v) is 4.47. The number of amides is 1. The minimum Gasteiger partial charge on any atom is -0.398 e. The van der Waals surface area contributed by atoms with Crippen molar-refractivity contribution in [3.05, 3.63) is 27.1 Å². The number of aromatic nitrogens is 1. The molecule has 0 bridgehead atoms. The van der Waals surface area contributed by atoms with Crippen LogP contribution in [0.25, 0.3) is 0 Å². The molecule has 0 spiro atoms. The number of carbonyl (C=O) groups excluding carboxylic acids is 1. The number of likely N-dealkylation sites (N-methyl/N-ethyl adjacent to an activating group) is 1. The molecule has 1 amide bonds. The summed E-state index contributed by atoms with van der Waals surface area (Å²) in [7, 11) is 0. The van der Waals surface area contributed by atoms with E-state index in [9.17, 15) is 9.59 Å². The molecule has 1 heterocycles. The predicted octanol–water partition coefficient (Wildman–Crippen LogP) is 1.06. The molecule has 2 N–H and O–H groups in total. The Bertz CT molecular complexity index is 466. The number of hydrogen-bond acceptors (Lipinski definition) is 3. The van der Waals surface area contributed by atoms with Gasteiger partial charge in [-0.3, -0.25) is 9.59 Å². The predicted molar refractivity (Wildman–Crippen MR) is 70.7 cm³/mol. The highest BCUT2D eigenvalue weighted by molar-refractivity contribution is 9.10. The Hall–Kier alpha value is -1.30. The standard InChI is InChI=1S/C11H16BrN3O2/c1-3-14(4-2)10(16)7-15-6-8(13)5-9(12)11(15)17/h5-6H,3-4,7,13H2,1-2H3. The monoisotopic (exact) mass is 301 g/mol. The molecule has 0 aliphatic heterocycles. The highest BCUT2D eigenvalue weighted by Gasteiger charge is 2.12. The Morgan fingerprint density at radius 2 is 2.06 bits per heavy atom. The largest absolute Gasteiger partial charge is 0.398 e. The number of halogens is 1. The molecule has 1 aromatic heterocycles. The van der Waals surface area contributed by atoms with Crippen molar-refractivity contribution in [3.8, 4) is 0 Å². The van der Waals surface area contributed by atoms with E-state index in [4.69, 9.17) is 5.73 Å². The van der Waals surface area contributed by atoms with Crippen molar-refractivity contribution in [2.75, 3.05) is 18.8 Å². The summed E-state index contributed by atoms with van der Waals surface area (Å²) in [4.78, 5) is 25.3. The van der Waals surface area contributed by atoms with Gasteiger partial charge in [0.25, 0.3) is 5.56 Å². The molecule has 0 atom stereocenters. The Balaban J connectivity index is 2.96. The lowest BCUT2D eigenvalue weighted by Gasteiger charge is -2.19. The summed E-state index contributed by atoms with van der Waals surface area (Å²) in [6.07, 6.45) is 1.48. The lowest BCUT2D eigenvalue weighted by molar-refractivity contribution is -0.131. The molecule has 0 aromatic carbocycles. The molecule has 0 aliphatic rings. The van der Waals surface area contributed by atoms with Crippen LogP contribution >= 0.6 is 15.9 Å². The van der Waals surface area contributed by atoms with Gasteiger partial charge < -0.3 is 15.2 Å². The van der Waals surface area contributed by atoms with E-state index < -0.39 is 0 Å². The lowest BCUT2D eigenvalue weighted by atomic mass is 10.4. The third-order valence-electron chi connectivity index (χ3n) is 2.49. The minimum atomic E-state index is -0.250. The van der Waals surface area contributed by atoms with Gasteiger partial charge in [-0.1, -0.05) is 0 Å². The van der Waals surface area contributed by atoms with Crippen LogP contribution in [0, 0.1) is 0 Å². The van der Waals surface area contributed by atoms with E-state index in [1.807, 2.05) is 13.8 Å². The first-order valence-electron chi connectivity index (χ1n) is 5.42. The summed E-state index contributed by atoms with van der Waals surface area (Å²) in [5.41, 5.74) is 5.83. The molecule has 0 saturated carbocycles. The molecule has 0 saturated heterocycles. The lowest BCUT2D eigenvalue weighted by Crippen LogP contribution is -2.36. The maximum Gasteiger partial charge on any atom is 0.265 e. The van der Waals surface area contributed by atoms with Crippen LogP contribution in [-0.4, -0.2) is 28.5 Å². The van der Waals surface area contributed by atoms with Crippen LogP contribution < -0.4 is 11.3 Å². The number of pyridine rings is 1. The summed E-state index contributed by atoms with van der Waals surface area (Å²) in [6, 6.07) is 1.53. The average Bonchev–Trinajstić information content (AvgIpc) is 2.27. The van der Waals surface area contributed by atoms with Gasteiger partial charge in [0.05, 0.1) is 4.47 Å². The van der Waals surface area contributed by atoms with E-state index in [0.29, 0.717) is 23.2 Å². The Morgan fingerprint density at radius 1 is 1.47 bits per heavy atom. The molecule has 17 heavy (non-hydrogen) atoms. The van der Waals surface area contributed by atoms with Crippen molar-refractivity contribution in [3.63, 3.8) is 0 Å². The van der Waals surface area contributed by atoms with E-state index in [0.717, 1.165) is 0 Å². The zero-order chi connectivity index (χ0) is 13.0. The first kappa shape index (κ1) is 13.8. The summed E-state index contributed by atoms with van der Waals surface area (Å²) in [5, 5.41) is 0. The second kappa shape index (κ2) is 5.86. The number of nitrogens with zero attached hydrogens (tertiary/aromatic N) is 2. The van der Waals surface area contributed by atoms with Gasteiger partial charge in [0.15, 0.2) is 0 Å². The second-order valence-electron chi connectivity index (χ2n) is 3.62. The third kappa shape index (κ3) is 3.33. The van der Waals surface area contributed by atoms with Gasteiger partial charge in [0.1, 0.15) is 6.54 Å². The van der Waals surface area contributed by atoms with E-state index >= 15 is 0 Å². The molecule has 0 fully saturated rings. The minimum absolute atomic E-state index is 0.0180. The van der Waals surface area contributed by atoms with Gasteiger partial charge >= 0.3 is 0 Å². The van der Waals surface area contributed by atoms with E-state index in [2.05, 4.69) is 15.9 Å². The third-order valence-corrected chi connectivity index (χ3v) is 3.05. The first-order chi connectivity index (χ1) is 7.99. The maximum absolute atomic E-state index is 11.9. The molecule has 1 aromatic rings. The fourth-order valence-electron chi connectivity index (χ4n) is 1.56. The topological polar surface area (TPSA) is 68.3 Å². The normalized spacial score (nSPS) is 10.3. The molecular formula is C11H16BrN3O2. The number of hydrogen-bond donors (Lipinski definition) is 1. The molecule has 94 valence electrons. The van der Waals surface area contributed by atoms with Gasteiger partial charge in [-0.2, -0.15) is 0 Å². The van der Waals surface area contributed by atoms with Gasteiger partial charge in [0, 0.05) is 25.0 Å². The van der Waals surface area contributed by atoms with Crippen molar-refractivity contribution < 1.29 is 4.79 Å². The van der Waals surface area contributed by atoms with Gasteiger partial charge in [-0.15, -0.1) is 0 Å². The Kier molecular flexibility index (Phi) is 4.74. The number of carbonyl (C=O) groups is 1. The van der Waals surface area contributed by atoms with Crippen LogP contribution in [0.15, 0.2) is 21.5 Å². The average molecular weight is 302 g/mol. The molecule has 0 aliphatic carbocycles. The zero-order valence-corrected chi connectivity index (χ0v) is 11.5. The van der Waals surface area contributed by atoms with Crippen molar-refractivity contribution in [2.45, 2.75) is 20.4 Å². The van der Waals surface area contributed by atoms with Crippen LogP contribution in [0.2, 0.25) is 0 Å².